The number of amides is 1. The predicted octanol–water partition coefficient (Wildman–Crippen LogP) is 3.88. The molecule has 0 aliphatic carbocycles. The standard InChI is InChI=1S/C18H13ClFN3O3/c1-10(24)23(14-4-2-3-12(19)17(14)20)18-11-7-15-16(26-6-5-25-15)8-13(11)21-9-22-18/h2-4,7-9H,5-6H2,1H3. The second kappa shape index (κ2) is 6.42. The molecule has 0 atom stereocenters. The molecule has 132 valence electrons. The van der Waals surface area contributed by atoms with Crippen LogP contribution in [0.25, 0.3) is 10.9 Å². The minimum atomic E-state index is -0.700. The van der Waals surface area contributed by atoms with Crippen molar-refractivity contribution in [2.24, 2.45) is 0 Å². The lowest BCUT2D eigenvalue weighted by Crippen LogP contribution is -2.25. The molecule has 1 amide bonds. The van der Waals surface area contributed by atoms with E-state index in [1.54, 1.807) is 18.2 Å². The number of halogens is 2. The van der Waals surface area contributed by atoms with Gasteiger partial charge in [-0.15, -0.1) is 0 Å². The lowest BCUT2D eigenvalue weighted by atomic mass is 10.1. The molecule has 0 unspecified atom stereocenters. The molecule has 0 bridgehead atoms. The molecular formula is C18H13ClFN3O3. The average molecular weight is 374 g/mol. The predicted molar refractivity (Wildman–Crippen MR) is 94.8 cm³/mol. The SMILES string of the molecule is CC(=O)N(c1cccc(Cl)c1F)c1ncnc2cc3c(cc12)OCCO3. The van der Waals surface area contributed by atoms with Crippen molar-refractivity contribution in [1.29, 1.82) is 0 Å². The smallest absolute Gasteiger partial charge is 0.229 e. The Morgan fingerprint density at radius 1 is 1.19 bits per heavy atom. The molecule has 0 spiro atoms. The summed E-state index contributed by atoms with van der Waals surface area (Å²) in [6, 6.07) is 7.85. The number of nitrogens with zero attached hydrogens (tertiary/aromatic N) is 3. The summed E-state index contributed by atoms with van der Waals surface area (Å²) in [5.41, 5.74) is 0.563. The van der Waals surface area contributed by atoms with Crippen molar-refractivity contribution in [2.45, 2.75) is 6.92 Å². The molecule has 1 aliphatic heterocycles. The molecule has 3 aromatic rings. The Kier molecular flexibility index (Phi) is 4.08. The molecule has 0 radical (unpaired) electrons. The lowest BCUT2D eigenvalue weighted by molar-refractivity contribution is -0.115. The van der Waals surface area contributed by atoms with Gasteiger partial charge in [-0.25, -0.2) is 14.4 Å². The molecule has 2 heterocycles. The molecule has 1 aromatic heterocycles. The molecule has 8 heteroatoms. The third-order valence-corrected chi connectivity index (χ3v) is 4.27. The molecule has 0 N–H and O–H groups in total. The summed E-state index contributed by atoms with van der Waals surface area (Å²) in [5, 5.41) is 0.451. The van der Waals surface area contributed by atoms with Crippen LogP contribution >= 0.6 is 11.6 Å². The van der Waals surface area contributed by atoms with E-state index in [2.05, 4.69) is 9.97 Å². The van der Waals surface area contributed by atoms with Crippen LogP contribution in [0.4, 0.5) is 15.9 Å². The van der Waals surface area contributed by atoms with Crippen molar-refractivity contribution >= 4 is 39.9 Å². The van der Waals surface area contributed by atoms with E-state index >= 15 is 0 Å². The zero-order valence-corrected chi connectivity index (χ0v) is 14.5. The first-order chi connectivity index (χ1) is 12.6. The summed E-state index contributed by atoms with van der Waals surface area (Å²) >= 11 is 5.88. The zero-order valence-electron chi connectivity index (χ0n) is 13.7. The number of fused-ring (bicyclic) bond motifs is 2. The van der Waals surface area contributed by atoms with E-state index in [9.17, 15) is 9.18 Å². The third-order valence-electron chi connectivity index (χ3n) is 3.98. The van der Waals surface area contributed by atoms with Crippen LogP contribution in [-0.4, -0.2) is 29.1 Å². The van der Waals surface area contributed by atoms with E-state index in [-0.39, 0.29) is 16.5 Å². The number of anilines is 2. The molecule has 0 fully saturated rings. The number of hydrogen-bond acceptors (Lipinski definition) is 5. The summed E-state index contributed by atoms with van der Waals surface area (Å²) in [6.07, 6.45) is 1.31. The van der Waals surface area contributed by atoms with Crippen LogP contribution in [0.5, 0.6) is 11.5 Å². The van der Waals surface area contributed by atoms with Gasteiger partial charge >= 0.3 is 0 Å². The van der Waals surface area contributed by atoms with E-state index in [1.165, 1.54) is 30.3 Å². The van der Waals surface area contributed by atoms with Gasteiger partial charge in [0, 0.05) is 18.4 Å². The van der Waals surface area contributed by atoms with E-state index in [0.29, 0.717) is 35.6 Å². The fraction of sp³-hybridized carbons (Fsp3) is 0.167. The quantitative estimate of drug-likeness (QED) is 0.682. The third kappa shape index (κ3) is 2.70. The Labute approximate surface area is 153 Å². The highest BCUT2D eigenvalue weighted by molar-refractivity contribution is 6.31. The Morgan fingerprint density at radius 3 is 2.65 bits per heavy atom. The van der Waals surface area contributed by atoms with Crippen LogP contribution in [0.2, 0.25) is 5.02 Å². The topological polar surface area (TPSA) is 64.6 Å². The van der Waals surface area contributed by atoms with Crippen molar-refractivity contribution < 1.29 is 18.7 Å². The minimum Gasteiger partial charge on any atom is -0.486 e. The van der Waals surface area contributed by atoms with Gasteiger partial charge in [0.25, 0.3) is 0 Å². The number of hydrogen-bond donors (Lipinski definition) is 0. The maximum absolute atomic E-state index is 14.6. The largest absolute Gasteiger partial charge is 0.486 e. The van der Waals surface area contributed by atoms with Crippen molar-refractivity contribution in [2.75, 3.05) is 18.1 Å². The van der Waals surface area contributed by atoms with Crippen LogP contribution in [0, 0.1) is 5.82 Å². The van der Waals surface area contributed by atoms with Gasteiger partial charge in [-0.3, -0.25) is 9.69 Å². The second-order valence-corrected chi connectivity index (χ2v) is 6.04. The summed E-state index contributed by atoms with van der Waals surface area (Å²) in [5.74, 6) is 0.210. The molecule has 2 aromatic carbocycles. The summed E-state index contributed by atoms with van der Waals surface area (Å²) in [4.78, 5) is 21.9. The molecule has 26 heavy (non-hydrogen) atoms. The van der Waals surface area contributed by atoms with Gasteiger partial charge < -0.3 is 9.47 Å². The van der Waals surface area contributed by atoms with E-state index in [0.717, 1.165) is 0 Å². The molecule has 0 saturated heterocycles. The first kappa shape index (κ1) is 16.5. The average Bonchev–Trinajstić information content (AvgIpc) is 2.63. The lowest BCUT2D eigenvalue weighted by Gasteiger charge is -2.23. The van der Waals surface area contributed by atoms with E-state index in [4.69, 9.17) is 21.1 Å². The molecule has 4 rings (SSSR count). The maximum atomic E-state index is 14.6. The highest BCUT2D eigenvalue weighted by Gasteiger charge is 2.24. The number of carbonyl (C=O) groups is 1. The maximum Gasteiger partial charge on any atom is 0.229 e. The minimum absolute atomic E-state index is 0.0138. The highest BCUT2D eigenvalue weighted by Crippen LogP contribution is 2.39. The van der Waals surface area contributed by atoms with Crippen molar-refractivity contribution in [3.8, 4) is 11.5 Å². The first-order valence-corrected chi connectivity index (χ1v) is 8.23. The molecule has 1 aliphatic rings. The molecule has 6 nitrogen and oxygen atoms in total. The van der Waals surface area contributed by atoms with Gasteiger partial charge in [0.2, 0.25) is 5.91 Å². The van der Waals surface area contributed by atoms with Crippen molar-refractivity contribution in [1.82, 2.24) is 9.97 Å². The monoisotopic (exact) mass is 373 g/mol. The van der Waals surface area contributed by atoms with Crippen molar-refractivity contribution in [3.63, 3.8) is 0 Å². The number of carbonyl (C=O) groups excluding carboxylic acids is 1. The Balaban J connectivity index is 1.95. The van der Waals surface area contributed by atoms with Gasteiger partial charge in [0.05, 0.1) is 16.2 Å². The summed E-state index contributed by atoms with van der Waals surface area (Å²) in [7, 11) is 0. The number of benzene rings is 2. The van der Waals surface area contributed by atoms with Crippen LogP contribution in [0.1, 0.15) is 6.92 Å². The second-order valence-electron chi connectivity index (χ2n) is 5.64. The van der Waals surface area contributed by atoms with Crippen LogP contribution in [0.15, 0.2) is 36.7 Å². The van der Waals surface area contributed by atoms with Crippen LogP contribution in [-0.2, 0) is 4.79 Å². The van der Waals surface area contributed by atoms with E-state index < -0.39 is 11.7 Å². The van der Waals surface area contributed by atoms with Gasteiger partial charge in [-0.1, -0.05) is 17.7 Å². The molecule has 0 saturated carbocycles. The molecular weight excluding hydrogens is 361 g/mol. The number of aromatic nitrogens is 2. The summed E-state index contributed by atoms with van der Waals surface area (Å²) in [6.45, 7) is 2.19. The fourth-order valence-corrected chi connectivity index (χ4v) is 3.02. The highest BCUT2D eigenvalue weighted by atomic mass is 35.5. The Hall–Kier alpha value is -2.93. The van der Waals surface area contributed by atoms with Crippen molar-refractivity contribution in [3.05, 3.63) is 47.5 Å². The Morgan fingerprint density at radius 2 is 1.92 bits per heavy atom. The zero-order chi connectivity index (χ0) is 18.3. The van der Waals surface area contributed by atoms with Gasteiger partial charge in [-0.2, -0.15) is 0 Å². The normalized spacial score (nSPS) is 12.9. The number of ether oxygens (including phenoxy) is 2. The number of rotatable bonds is 2. The van der Waals surface area contributed by atoms with Crippen LogP contribution in [0.3, 0.4) is 0 Å². The van der Waals surface area contributed by atoms with Gasteiger partial charge in [0.15, 0.2) is 23.1 Å². The Bertz CT molecular complexity index is 1030. The van der Waals surface area contributed by atoms with E-state index in [1.807, 2.05) is 0 Å². The van der Waals surface area contributed by atoms with Gasteiger partial charge in [-0.05, 0) is 18.2 Å². The first-order valence-electron chi connectivity index (χ1n) is 7.85. The summed E-state index contributed by atoms with van der Waals surface area (Å²) < 4.78 is 25.7. The van der Waals surface area contributed by atoms with Crippen LogP contribution < -0.4 is 14.4 Å². The fourth-order valence-electron chi connectivity index (χ4n) is 2.86. The van der Waals surface area contributed by atoms with Gasteiger partial charge in [0.1, 0.15) is 19.5 Å².